The van der Waals surface area contributed by atoms with Crippen LogP contribution in [0.25, 0.3) is 5.82 Å². The molecular weight excluding hydrogens is 338 g/mol. The van der Waals surface area contributed by atoms with Crippen LogP contribution in [0, 0.1) is 0 Å². The van der Waals surface area contributed by atoms with Crippen LogP contribution < -0.4 is 10.5 Å². The van der Waals surface area contributed by atoms with Gasteiger partial charge in [0.2, 0.25) is 0 Å². The summed E-state index contributed by atoms with van der Waals surface area (Å²) >= 11 is 1.68. The number of hydrogen-bond acceptors (Lipinski definition) is 7. The van der Waals surface area contributed by atoms with E-state index < -0.39 is 0 Å². The Hall–Kier alpha value is -2.52. The van der Waals surface area contributed by atoms with Gasteiger partial charge in [-0.2, -0.15) is 5.10 Å². The highest BCUT2D eigenvalue weighted by atomic mass is 32.1. The van der Waals surface area contributed by atoms with Crippen molar-refractivity contribution in [2.24, 2.45) is 0 Å². The van der Waals surface area contributed by atoms with Crippen LogP contribution in [0.4, 0.5) is 5.13 Å². The molecule has 3 aromatic rings. The third-order valence-electron chi connectivity index (χ3n) is 4.28. The number of hydrogen-bond donors (Lipinski definition) is 0. The van der Waals surface area contributed by atoms with Gasteiger partial charge in [0, 0.05) is 62.8 Å². The zero-order valence-electron chi connectivity index (χ0n) is 13.7. The molecule has 0 radical (unpaired) electrons. The van der Waals surface area contributed by atoms with E-state index in [4.69, 9.17) is 0 Å². The molecule has 25 heavy (non-hydrogen) atoms. The average molecular weight is 357 g/mol. The first-order valence-electron chi connectivity index (χ1n) is 8.24. The van der Waals surface area contributed by atoms with E-state index in [1.54, 1.807) is 34.3 Å². The number of thiazole rings is 1. The van der Waals surface area contributed by atoms with Gasteiger partial charge in [-0.25, -0.2) is 14.3 Å². The minimum atomic E-state index is -0.0858. The average Bonchev–Trinajstić information content (AvgIpc) is 3.35. The van der Waals surface area contributed by atoms with Gasteiger partial charge in [0.1, 0.15) is 0 Å². The highest BCUT2D eigenvalue weighted by Crippen LogP contribution is 2.18. The molecule has 1 aliphatic rings. The summed E-state index contributed by atoms with van der Waals surface area (Å²) in [7, 11) is 0. The molecular formula is C16H19N7OS. The summed E-state index contributed by atoms with van der Waals surface area (Å²) in [5.41, 5.74) is -0.0858. The van der Waals surface area contributed by atoms with E-state index in [0.29, 0.717) is 12.4 Å². The van der Waals surface area contributed by atoms with Crippen LogP contribution in [0.3, 0.4) is 0 Å². The number of rotatable bonds is 5. The first-order valence-corrected chi connectivity index (χ1v) is 9.12. The lowest BCUT2D eigenvalue weighted by molar-refractivity contribution is 0.242. The standard InChI is InChI=1S/C16H19N7OS/c24-15-3-2-14(22-6-1-4-18-22)19-23(15)12-9-20-7-10-21(11-8-20)16-17-5-13-25-16/h1-6,13H,7-12H2. The Labute approximate surface area is 148 Å². The van der Waals surface area contributed by atoms with Crippen LogP contribution in [0.5, 0.6) is 0 Å². The highest BCUT2D eigenvalue weighted by molar-refractivity contribution is 7.13. The van der Waals surface area contributed by atoms with Crippen molar-refractivity contribution in [3.8, 4) is 5.82 Å². The molecule has 9 heteroatoms. The van der Waals surface area contributed by atoms with Crippen LogP contribution in [-0.2, 0) is 6.54 Å². The monoisotopic (exact) mass is 357 g/mol. The lowest BCUT2D eigenvalue weighted by atomic mass is 10.3. The van der Waals surface area contributed by atoms with E-state index in [9.17, 15) is 4.79 Å². The summed E-state index contributed by atoms with van der Waals surface area (Å²) in [5, 5.41) is 11.7. The maximum atomic E-state index is 12.1. The first kappa shape index (κ1) is 16.0. The minimum absolute atomic E-state index is 0.0858. The largest absolute Gasteiger partial charge is 0.346 e. The molecule has 1 saturated heterocycles. The maximum Gasteiger partial charge on any atom is 0.266 e. The summed E-state index contributed by atoms with van der Waals surface area (Å²) in [4.78, 5) is 21.1. The third kappa shape index (κ3) is 3.62. The van der Waals surface area contributed by atoms with Crippen molar-refractivity contribution in [1.82, 2.24) is 29.4 Å². The van der Waals surface area contributed by atoms with Crippen molar-refractivity contribution in [3.63, 3.8) is 0 Å². The highest BCUT2D eigenvalue weighted by Gasteiger charge is 2.18. The van der Waals surface area contributed by atoms with E-state index in [1.165, 1.54) is 4.68 Å². The van der Waals surface area contributed by atoms with Crippen LogP contribution in [0.15, 0.2) is 47.0 Å². The molecule has 0 atom stereocenters. The van der Waals surface area contributed by atoms with Crippen LogP contribution >= 0.6 is 11.3 Å². The lowest BCUT2D eigenvalue weighted by Gasteiger charge is -2.34. The third-order valence-corrected chi connectivity index (χ3v) is 5.11. The fourth-order valence-electron chi connectivity index (χ4n) is 2.90. The number of nitrogens with zero attached hydrogens (tertiary/aromatic N) is 7. The second-order valence-electron chi connectivity index (χ2n) is 5.85. The summed E-state index contributed by atoms with van der Waals surface area (Å²) in [6.07, 6.45) is 5.35. The second-order valence-corrected chi connectivity index (χ2v) is 6.72. The summed E-state index contributed by atoms with van der Waals surface area (Å²) < 4.78 is 3.17. The summed E-state index contributed by atoms with van der Waals surface area (Å²) in [6, 6.07) is 5.07. The molecule has 0 aliphatic carbocycles. The molecule has 0 N–H and O–H groups in total. The Kier molecular flexibility index (Phi) is 4.57. The molecule has 0 saturated carbocycles. The Bertz CT molecular complexity index is 851. The molecule has 0 spiro atoms. The lowest BCUT2D eigenvalue weighted by Crippen LogP contribution is -2.47. The molecule has 1 aliphatic heterocycles. The number of aromatic nitrogens is 5. The van der Waals surface area contributed by atoms with Crippen molar-refractivity contribution in [2.45, 2.75) is 6.54 Å². The van der Waals surface area contributed by atoms with Gasteiger partial charge in [0.15, 0.2) is 10.9 Å². The van der Waals surface area contributed by atoms with Gasteiger partial charge in [-0.05, 0) is 12.1 Å². The van der Waals surface area contributed by atoms with Gasteiger partial charge in [-0.3, -0.25) is 9.69 Å². The summed E-state index contributed by atoms with van der Waals surface area (Å²) in [6.45, 7) is 5.24. The Morgan fingerprint density at radius 2 is 1.96 bits per heavy atom. The molecule has 0 unspecified atom stereocenters. The molecule has 3 aromatic heterocycles. The molecule has 4 rings (SSSR count). The number of piperazine rings is 1. The summed E-state index contributed by atoms with van der Waals surface area (Å²) in [5.74, 6) is 0.651. The quantitative estimate of drug-likeness (QED) is 0.670. The second kappa shape index (κ2) is 7.16. The van der Waals surface area contributed by atoms with Gasteiger partial charge in [0.25, 0.3) is 5.56 Å². The molecule has 4 heterocycles. The van der Waals surface area contributed by atoms with Crippen molar-refractivity contribution in [1.29, 1.82) is 0 Å². The van der Waals surface area contributed by atoms with Crippen molar-refractivity contribution < 1.29 is 0 Å². The van der Waals surface area contributed by atoms with Gasteiger partial charge in [0.05, 0.1) is 6.54 Å². The van der Waals surface area contributed by atoms with E-state index in [2.05, 4.69) is 25.0 Å². The normalized spacial score (nSPS) is 15.6. The molecule has 0 amide bonds. The first-order chi connectivity index (χ1) is 12.3. The van der Waals surface area contributed by atoms with Crippen molar-refractivity contribution >= 4 is 16.5 Å². The molecule has 0 aromatic carbocycles. The van der Waals surface area contributed by atoms with E-state index in [0.717, 1.165) is 37.9 Å². The molecule has 0 bridgehead atoms. The van der Waals surface area contributed by atoms with Crippen LogP contribution in [0.2, 0.25) is 0 Å². The van der Waals surface area contributed by atoms with Gasteiger partial charge in [-0.1, -0.05) is 0 Å². The predicted molar refractivity (Wildman–Crippen MR) is 96.4 cm³/mol. The predicted octanol–water partition coefficient (Wildman–Crippen LogP) is 0.708. The van der Waals surface area contributed by atoms with Crippen LogP contribution in [0.1, 0.15) is 0 Å². The maximum absolute atomic E-state index is 12.1. The Morgan fingerprint density at radius 3 is 2.68 bits per heavy atom. The SMILES string of the molecule is O=c1ccc(-n2cccn2)nn1CCN1CCN(c2nccs2)CC1. The zero-order chi connectivity index (χ0) is 17.1. The molecule has 1 fully saturated rings. The smallest absolute Gasteiger partial charge is 0.266 e. The van der Waals surface area contributed by atoms with E-state index >= 15 is 0 Å². The zero-order valence-corrected chi connectivity index (χ0v) is 14.5. The van der Waals surface area contributed by atoms with E-state index in [1.807, 2.05) is 23.8 Å². The van der Waals surface area contributed by atoms with Crippen LogP contribution in [-0.4, -0.2) is 62.2 Å². The molecule has 8 nitrogen and oxygen atoms in total. The van der Waals surface area contributed by atoms with Crippen molar-refractivity contribution in [2.75, 3.05) is 37.6 Å². The Balaban J connectivity index is 1.36. The Morgan fingerprint density at radius 1 is 1.08 bits per heavy atom. The fourth-order valence-corrected chi connectivity index (χ4v) is 3.59. The van der Waals surface area contributed by atoms with Gasteiger partial charge < -0.3 is 4.90 Å². The number of anilines is 1. The minimum Gasteiger partial charge on any atom is -0.346 e. The van der Waals surface area contributed by atoms with Crippen molar-refractivity contribution in [3.05, 3.63) is 52.5 Å². The molecule has 130 valence electrons. The van der Waals surface area contributed by atoms with E-state index in [-0.39, 0.29) is 5.56 Å². The van der Waals surface area contributed by atoms with Gasteiger partial charge in [-0.15, -0.1) is 16.4 Å². The topological polar surface area (TPSA) is 72.1 Å². The fraction of sp³-hybridized carbons (Fsp3) is 0.375. The van der Waals surface area contributed by atoms with Gasteiger partial charge >= 0.3 is 0 Å².